The van der Waals surface area contributed by atoms with E-state index >= 15 is 0 Å². The number of fused-ring (bicyclic) bond motifs is 5. The Balaban J connectivity index is 1.59. The van der Waals surface area contributed by atoms with Crippen LogP contribution in [0.4, 0.5) is 0 Å². The van der Waals surface area contributed by atoms with Gasteiger partial charge in [0, 0.05) is 12.8 Å². The first kappa shape index (κ1) is 25.7. The Kier molecular flexibility index (Phi) is 6.28. The summed E-state index contributed by atoms with van der Waals surface area (Å²) in [5.41, 5.74) is 3.35. The van der Waals surface area contributed by atoms with E-state index in [9.17, 15) is 19.8 Å². The van der Waals surface area contributed by atoms with Gasteiger partial charge in [-0.3, -0.25) is 9.59 Å². The molecule has 4 nitrogen and oxygen atoms in total. The average molecular weight is 471 g/mol. The van der Waals surface area contributed by atoms with Crippen LogP contribution in [0.15, 0.2) is 23.3 Å². The predicted octanol–water partition coefficient (Wildman–Crippen LogP) is 6.58. The van der Waals surface area contributed by atoms with E-state index in [0.717, 1.165) is 25.7 Å². The fourth-order valence-electron chi connectivity index (χ4n) is 9.00. The predicted molar refractivity (Wildman–Crippen MR) is 135 cm³/mol. The normalized spacial score (nSPS) is 42.4. The zero-order valence-corrected chi connectivity index (χ0v) is 22.4. The molecule has 0 amide bonds. The third-order valence-corrected chi connectivity index (χ3v) is 11.4. The van der Waals surface area contributed by atoms with Crippen molar-refractivity contribution in [1.29, 1.82) is 0 Å². The Morgan fingerprint density at radius 1 is 1.00 bits per heavy atom. The van der Waals surface area contributed by atoms with Gasteiger partial charge in [-0.25, -0.2) is 0 Å². The van der Waals surface area contributed by atoms with Gasteiger partial charge in [0.25, 0.3) is 0 Å². The van der Waals surface area contributed by atoms with Crippen molar-refractivity contribution in [2.45, 2.75) is 106 Å². The number of hydrogen-bond acceptors (Lipinski definition) is 3. The standard InChI is InChI=1S/C30H46O4/c1-18(16-20(31)17-19(2)26(33)34)21-10-14-30(7)23-8-9-24-27(3,4)25(32)12-13-28(24,5)22(23)11-15-29(21,30)6/h10-11,18-19,23-25,32H,8-9,12-17H2,1-7H3,(H,33,34)/t18-,19?,23-,24+,25-,28-,29-,30+/m1/s1. The third-order valence-electron chi connectivity index (χ3n) is 11.4. The van der Waals surface area contributed by atoms with E-state index in [0.29, 0.717) is 18.3 Å². The molecular weight excluding hydrogens is 424 g/mol. The zero-order valence-electron chi connectivity index (χ0n) is 22.4. The molecule has 1 unspecified atom stereocenters. The number of carboxylic acids is 1. The summed E-state index contributed by atoms with van der Waals surface area (Å²) in [5.74, 6) is -0.252. The SMILES string of the molecule is CC(CC(=O)C[C@@H](C)C1=CC[C@@]2(C)[C@@H]3CC[C@H]4C(C)(C)[C@H](O)CC[C@]4(C)C3=CC[C@]12C)C(=O)O. The largest absolute Gasteiger partial charge is 0.481 e. The number of rotatable bonds is 6. The van der Waals surface area contributed by atoms with Gasteiger partial charge in [0.2, 0.25) is 0 Å². The maximum atomic E-state index is 12.7. The summed E-state index contributed by atoms with van der Waals surface area (Å²) >= 11 is 0. The second-order valence-electron chi connectivity index (χ2n) is 13.5. The number of allylic oxidation sites excluding steroid dienone is 4. The minimum absolute atomic E-state index is 0.0339. The Labute approximate surface area is 206 Å². The van der Waals surface area contributed by atoms with Gasteiger partial charge in [0.05, 0.1) is 12.0 Å². The summed E-state index contributed by atoms with van der Waals surface area (Å²) in [7, 11) is 0. The van der Waals surface area contributed by atoms with Crippen LogP contribution < -0.4 is 0 Å². The van der Waals surface area contributed by atoms with Crippen molar-refractivity contribution in [2.75, 3.05) is 0 Å². The molecule has 0 aromatic carbocycles. The zero-order chi connectivity index (χ0) is 25.3. The lowest BCUT2D eigenvalue weighted by Crippen LogP contribution is -2.57. The molecule has 34 heavy (non-hydrogen) atoms. The molecule has 4 aliphatic rings. The minimum atomic E-state index is -0.895. The van der Waals surface area contributed by atoms with Crippen LogP contribution in [0.25, 0.3) is 0 Å². The highest BCUT2D eigenvalue weighted by atomic mass is 16.4. The fourth-order valence-corrected chi connectivity index (χ4v) is 9.00. The van der Waals surface area contributed by atoms with Gasteiger partial charge in [0.15, 0.2) is 0 Å². The monoisotopic (exact) mass is 470 g/mol. The van der Waals surface area contributed by atoms with E-state index in [2.05, 4.69) is 53.7 Å². The smallest absolute Gasteiger partial charge is 0.306 e. The molecule has 2 saturated carbocycles. The van der Waals surface area contributed by atoms with Crippen LogP contribution in [0.3, 0.4) is 0 Å². The van der Waals surface area contributed by atoms with Gasteiger partial charge in [-0.2, -0.15) is 0 Å². The summed E-state index contributed by atoms with van der Waals surface area (Å²) in [6, 6.07) is 0. The molecule has 0 spiro atoms. The van der Waals surface area contributed by atoms with Crippen molar-refractivity contribution < 1.29 is 19.8 Å². The molecule has 0 bridgehead atoms. The molecule has 0 aromatic rings. The van der Waals surface area contributed by atoms with Crippen molar-refractivity contribution >= 4 is 11.8 Å². The second kappa shape index (κ2) is 8.32. The molecular formula is C30H46O4. The molecule has 0 aliphatic heterocycles. The number of aliphatic hydroxyl groups excluding tert-OH is 1. The fraction of sp³-hybridized carbons (Fsp3) is 0.800. The summed E-state index contributed by atoms with van der Waals surface area (Å²) < 4.78 is 0. The van der Waals surface area contributed by atoms with Crippen molar-refractivity contribution in [3.05, 3.63) is 23.3 Å². The first-order valence-electron chi connectivity index (χ1n) is 13.5. The van der Waals surface area contributed by atoms with E-state index in [-0.39, 0.29) is 45.9 Å². The highest BCUT2D eigenvalue weighted by Gasteiger charge is 2.63. The minimum Gasteiger partial charge on any atom is -0.481 e. The highest BCUT2D eigenvalue weighted by molar-refractivity contribution is 5.84. The van der Waals surface area contributed by atoms with Crippen LogP contribution >= 0.6 is 0 Å². The number of aliphatic hydroxyl groups is 1. The number of hydrogen-bond donors (Lipinski definition) is 2. The molecule has 0 radical (unpaired) electrons. The number of carbonyl (C=O) groups is 2. The van der Waals surface area contributed by atoms with Crippen molar-refractivity contribution in [1.82, 2.24) is 0 Å². The molecule has 0 aromatic heterocycles. The quantitative estimate of drug-likeness (QED) is 0.430. The van der Waals surface area contributed by atoms with Crippen LogP contribution in [0.1, 0.15) is 99.8 Å². The van der Waals surface area contributed by atoms with Gasteiger partial charge in [-0.15, -0.1) is 0 Å². The van der Waals surface area contributed by atoms with E-state index in [1.807, 2.05) is 0 Å². The molecule has 2 N–H and O–H groups in total. The van der Waals surface area contributed by atoms with E-state index in [1.54, 1.807) is 12.5 Å². The number of aliphatic carboxylic acids is 1. The lowest BCUT2D eigenvalue weighted by Gasteiger charge is -2.64. The molecule has 190 valence electrons. The van der Waals surface area contributed by atoms with Gasteiger partial charge in [-0.05, 0) is 77.9 Å². The van der Waals surface area contributed by atoms with E-state index < -0.39 is 11.9 Å². The molecule has 4 rings (SSSR count). The Morgan fingerprint density at radius 2 is 1.68 bits per heavy atom. The lowest BCUT2D eigenvalue weighted by atomic mass is 9.41. The number of ketones is 1. The highest BCUT2D eigenvalue weighted by Crippen LogP contribution is 2.71. The first-order valence-corrected chi connectivity index (χ1v) is 13.5. The second-order valence-corrected chi connectivity index (χ2v) is 13.5. The maximum Gasteiger partial charge on any atom is 0.306 e. The van der Waals surface area contributed by atoms with Crippen molar-refractivity contribution in [3.63, 3.8) is 0 Å². The summed E-state index contributed by atoms with van der Waals surface area (Å²) in [6.45, 7) is 15.7. The van der Waals surface area contributed by atoms with E-state index in [4.69, 9.17) is 0 Å². The molecule has 0 heterocycles. The summed E-state index contributed by atoms with van der Waals surface area (Å²) in [4.78, 5) is 23.9. The van der Waals surface area contributed by atoms with Crippen LogP contribution in [0, 0.1) is 45.3 Å². The number of carbonyl (C=O) groups excluding carboxylic acids is 1. The molecule has 2 fully saturated rings. The summed E-state index contributed by atoms with van der Waals surface area (Å²) in [5, 5.41) is 20.0. The topological polar surface area (TPSA) is 74.6 Å². The van der Waals surface area contributed by atoms with Gasteiger partial charge in [-0.1, -0.05) is 71.8 Å². The van der Waals surface area contributed by atoms with Crippen molar-refractivity contribution in [3.8, 4) is 0 Å². The van der Waals surface area contributed by atoms with Crippen LogP contribution in [-0.4, -0.2) is 28.1 Å². The lowest BCUT2D eigenvalue weighted by molar-refractivity contribution is -0.143. The average Bonchev–Trinajstić information content (AvgIpc) is 3.02. The Hall–Kier alpha value is -1.42. The van der Waals surface area contributed by atoms with E-state index in [1.165, 1.54) is 18.4 Å². The van der Waals surface area contributed by atoms with Crippen LogP contribution in [-0.2, 0) is 9.59 Å². The van der Waals surface area contributed by atoms with Crippen molar-refractivity contribution in [2.24, 2.45) is 45.3 Å². The van der Waals surface area contributed by atoms with Crippen LogP contribution in [0.2, 0.25) is 0 Å². The number of carboxylic acid groups (broad SMARTS) is 1. The van der Waals surface area contributed by atoms with Gasteiger partial charge < -0.3 is 10.2 Å². The van der Waals surface area contributed by atoms with Crippen LogP contribution in [0.5, 0.6) is 0 Å². The molecule has 8 atom stereocenters. The molecule has 4 heteroatoms. The first-order chi connectivity index (χ1) is 15.7. The van der Waals surface area contributed by atoms with Gasteiger partial charge >= 0.3 is 5.97 Å². The number of Topliss-reactive ketones (excluding diaryl/α,β-unsaturated/α-hetero) is 1. The Bertz CT molecular complexity index is 928. The maximum absolute atomic E-state index is 12.7. The molecule has 4 aliphatic carbocycles. The van der Waals surface area contributed by atoms with Gasteiger partial charge in [0.1, 0.15) is 5.78 Å². The Morgan fingerprint density at radius 3 is 2.32 bits per heavy atom. The molecule has 0 saturated heterocycles. The third kappa shape index (κ3) is 3.57. The summed E-state index contributed by atoms with van der Waals surface area (Å²) in [6.07, 6.45) is 11.7.